The van der Waals surface area contributed by atoms with Crippen molar-refractivity contribution in [1.29, 1.82) is 0 Å². The van der Waals surface area contributed by atoms with Gasteiger partial charge in [-0.15, -0.1) is 0 Å². The van der Waals surface area contributed by atoms with Crippen LogP contribution in [0.25, 0.3) is 0 Å². The lowest BCUT2D eigenvalue weighted by Gasteiger charge is -2.26. The van der Waals surface area contributed by atoms with Crippen molar-refractivity contribution < 1.29 is 5.11 Å². The van der Waals surface area contributed by atoms with Crippen molar-refractivity contribution in [2.24, 2.45) is 5.73 Å². The molecule has 0 heterocycles. The predicted octanol–water partition coefficient (Wildman–Crippen LogP) is 3.60. The fourth-order valence-corrected chi connectivity index (χ4v) is 3.26. The molecule has 1 aromatic rings. The minimum Gasteiger partial charge on any atom is -0.390 e. The summed E-state index contributed by atoms with van der Waals surface area (Å²) in [4.78, 5) is 0. The zero-order valence-electron chi connectivity index (χ0n) is 12.6. The van der Waals surface area contributed by atoms with Gasteiger partial charge in [-0.25, -0.2) is 0 Å². The van der Waals surface area contributed by atoms with Crippen molar-refractivity contribution in [1.82, 2.24) is 0 Å². The maximum atomic E-state index is 10.7. The van der Waals surface area contributed by atoms with E-state index in [9.17, 15) is 5.11 Å². The van der Waals surface area contributed by atoms with E-state index in [0.717, 1.165) is 45.1 Å². The normalized spacial score (nSPS) is 18.7. The number of nitrogens with two attached hydrogens (primary N) is 1. The topological polar surface area (TPSA) is 46.2 Å². The maximum Gasteiger partial charge on any atom is 0.0651 e. The van der Waals surface area contributed by atoms with Crippen LogP contribution in [0, 0.1) is 0 Å². The molecular formula is C18H29NO. The third-order valence-corrected chi connectivity index (χ3v) is 4.57. The zero-order valence-corrected chi connectivity index (χ0v) is 12.6. The van der Waals surface area contributed by atoms with E-state index in [4.69, 9.17) is 5.73 Å². The molecule has 2 rings (SSSR count). The Bertz CT molecular complexity index is 394. The Morgan fingerprint density at radius 1 is 1.00 bits per heavy atom. The molecule has 1 aliphatic carbocycles. The Morgan fingerprint density at radius 3 is 2.30 bits per heavy atom. The first-order chi connectivity index (χ1) is 9.72. The summed E-state index contributed by atoms with van der Waals surface area (Å²) in [5, 5.41) is 10.7. The molecule has 1 aliphatic rings. The van der Waals surface area contributed by atoms with Crippen molar-refractivity contribution in [2.75, 3.05) is 6.54 Å². The van der Waals surface area contributed by atoms with Gasteiger partial charge in [0.05, 0.1) is 5.60 Å². The molecule has 0 bridgehead atoms. The summed E-state index contributed by atoms with van der Waals surface area (Å²) in [6.07, 6.45) is 10.9. The Balaban J connectivity index is 1.89. The molecule has 0 saturated heterocycles. The number of hydrogen-bond acceptors (Lipinski definition) is 2. The lowest BCUT2D eigenvalue weighted by atomic mass is 9.87. The van der Waals surface area contributed by atoms with Crippen LogP contribution in [-0.2, 0) is 12.8 Å². The van der Waals surface area contributed by atoms with E-state index in [1.165, 1.54) is 36.8 Å². The molecular weight excluding hydrogens is 246 g/mol. The van der Waals surface area contributed by atoms with Crippen LogP contribution in [0.15, 0.2) is 24.3 Å². The van der Waals surface area contributed by atoms with E-state index in [0.29, 0.717) is 0 Å². The summed E-state index contributed by atoms with van der Waals surface area (Å²) >= 11 is 0. The van der Waals surface area contributed by atoms with Gasteiger partial charge in [0, 0.05) is 0 Å². The molecule has 2 heteroatoms. The molecule has 20 heavy (non-hydrogen) atoms. The lowest BCUT2D eigenvalue weighted by Crippen LogP contribution is -2.28. The first-order valence-corrected chi connectivity index (χ1v) is 8.22. The molecule has 0 radical (unpaired) electrons. The zero-order chi connectivity index (χ0) is 14.3. The molecule has 0 amide bonds. The van der Waals surface area contributed by atoms with Crippen molar-refractivity contribution in [3.8, 4) is 0 Å². The highest BCUT2D eigenvalue weighted by atomic mass is 16.3. The van der Waals surface area contributed by atoms with Gasteiger partial charge in [0.2, 0.25) is 0 Å². The average molecular weight is 275 g/mol. The predicted molar refractivity (Wildman–Crippen MR) is 84.8 cm³/mol. The SMILES string of the molecule is NCCCc1cccc(CCC2(O)CCCCCC2)c1. The van der Waals surface area contributed by atoms with E-state index in [-0.39, 0.29) is 0 Å². The Morgan fingerprint density at radius 2 is 1.65 bits per heavy atom. The summed E-state index contributed by atoms with van der Waals surface area (Å²) in [5.41, 5.74) is 7.89. The monoisotopic (exact) mass is 275 g/mol. The average Bonchev–Trinajstić information content (AvgIpc) is 2.69. The summed E-state index contributed by atoms with van der Waals surface area (Å²) in [6, 6.07) is 8.79. The number of benzene rings is 1. The van der Waals surface area contributed by atoms with Gasteiger partial charge in [-0.2, -0.15) is 0 Å². The van der Waals surface area contributed by atoms with Gasteiger partial charge < -0.3 is 10.8 Å². The molecule has 1 saturated carbocycles. The molecule has 0 unspecified atom stereocenters. The second-order valence-electron chi connectivity index (χ2n) is 6.35. The minimum absolute atomic E-state index is 0.413. The van der Waals surface area contributed by atoms with Gasteiger partial charge in [0.1, 0.15) is 0 Å². The molecule has 1 aromatic carbocycles. The van der Waals surface area contributed by atoms with Crippen LogP contribution in [0.5, 0.6) is 0 Å². The highest BCUT2D eigenvalue weighted by Crippen LogP contribution is 2.31. The Kier molecular flexibility index (Phi) is 6.06. The quantitative estimate of drug-likeness (QED) is 0.779. The van der Waals surface area contributed by atoms with Crippen molar-refractivity contribution >= 4 is 0 Å². The molecule has 2 nitrogen and oxygen atoms in total. The molecule has 1 fully saturated rings. The largest absolute Gasteiger partial charge is 0.390 e. The number of hydrogen-bond donors (Lipinski definition) is 2. The number of aryl methyl sites for hydroxylation is 2. The molecule has 0 aliphatic heterocycles. The van der Waals surface area contributed by atoms with Crippen LogP contribution < -0.4 is 5.73 Å². The Hall–Kier alpha value is -0.860. The van der Waals surface area contributed by atoms with Gasteiger partial charge >= 0.3 is 0 Å². The van der Waals surface area contributed by atoms with Gasteiger partial charge in [0.25, 0.3) is 0 Å². The van der Waals surface area contributed by atoms with Crippen LogP contribution in [0.3, 0.4) is 0 Å². The lowest BCUT2D eigenvalue weighted by molar-refractivity contribution is 0.0167. The molecule has 0 atom stereocenters. The Labute approximate surface area is 123 Å². The van der Waals surface area contributed by atoms with E-state index in [1.54, 1.807) is 0 Å². The van der Waals surface area contributed by atoms with Gasteiger partial charge in [0.15, 0.2) is 0 Å². The van der Waals surface area contributed by atoms with E-state index < -0.39 is 5.60 Å². The fourth-order valence-electron chi connectivity index (χ4n) is 3.26. The number of aliphatic hydroxyl groups is 1. The van der Waals surface area contributed by atoms with Crippen LogP contribution >= 0.6 is 0 Å². The fraction of sp³-hybridized carbons (Fsp3) is 0.667. The van der Waals surface area contributed by atoms with Crippen molar-refractivity contribution in [2.45, 2.75) is 69.8 Å². The summed E-state index contributed by atoms with van der Waals surface area (Å²) in [5.74, 6) is 0. The smallest absolute Gasteiger partial charge is 0.0651 e. The van der Waals surface area contributed by atoms with Crippen LogP contribution in [-0.4, -0.2) is 17.3 Å². The van der Waals surface area contributed by atoms with Gasteiger partial charge in [-0.05, 0) is 56.2 Å². The van der Waals surface area contributed by atoms with E-state index >= 15 is 0 Å². The first-order valence-electron chi connectivity index (χ1n) is 8.22. The standard InChI is InChI=1S/C18H29NO/c19-14-6-9-16-7-5-8-17(15-16)10-13-18(20)11-3-1-2-4-12-18/h5,7-8,15,20H,1-4,6,9-14,19H2. The molecule has 0 aromatic heterocycles. The minimum atomic E-state index is -0.413. The van der Waals surface area contributed by atoms with E-state index in [1.807, 2.05) is 0 Å². The first kappa shape index (κ1) is 15.5. The molecule has 112 valence electrons. The summed E-state index contributed by atoms with van der Waals surface area (Å²) in [6.45, 7) is 0.754. The number of rotatable bonds is 6. The second kappa shape index (κ2) is 7.80. The van der Waals surface area contributed by atoms with Gasteiger partial charge in [-0.3, -0.25) is 0 Å². The van der Waals surface area contributed by atoms with Crippen molar-refractivity contribution in [3.05, 3.63) is 35.4 Å². The molecule has 3 N–H and O–H groups in total. The third-order valence-electron chi connectivity index (χ3n) is 4.57. The molecule has 0 spiro atoms. The maximum absolute atomic E-state index is 10.7. The van der Waals surface area contributed by atoms with Crippen LogP contribution in [0.4, 0.5) is 0 Å². The third kappa shape index (κ3) is 4.92. The van der Waals surface area contributed by atoms with Gasteiger partial charge in [-0.1, -0.05) is 49.9 Å². The summed E-state index contributed by atoms with van der Waals surface area (Å²) < 4.78 is 0. The highest BCUT2D eigenvalue weighted by Gasteiger charge is 2.27. The van der Waals surface area contributed by atoms with Crippen LogP contribution in [0.2, 0.25) is 0 Å². The van der Waals surface area contributed by atoms with E-state index in [2.05, 4.69) is 24.3 Å². The van der Waals surface area contributed by atoms with Crippen LogP contribution in [0.1, 0.15) is 62.5 Å². The summed E-state index contributed by atoms with van der Waals surface area (Å²) in [7, 11) is 0. The highest BCUT2D eigenvalue weighted by molar-refractivity contribution is 5.24. The van der Waals surface area contributed by atoms with Crippen molar-refractivity contribution in [3.63, 3.8) is 0 Å². The second-order valence-corrected chi connectivity index (χ2v) is 6.35.